The Hall–Kier alpha value is -0.810. The molecule has 4 heteroatoms. The number of allylic oxidation sites excluding steroid dienone is 5. The molecule has 0 heterocycles. The van der Waals surface area contributed by atoms with Gasteiger partial charge >= 0.3 is 0 Å². The molecule has 3 N–H and O–H groups in total. The van der Waals surface area contributed by atoms with Gasteiger partial charge in [0.05, 0.1) is 6.10 Å². The van der Waals surface area contributed by atoms with Crippen molar-refractivity contribution in [1.82, 2.24) is 0 Å². The first kappa shape index (κ1) is 19.2. The molecule has 0 spiro atoms. The van der Waals surface area contributed by atoms with Crippen LogP contribution in [0.4, 0.5) is 0 Å². The van der Waals surface area contributed by atoms with Gasteiger partial charge in [0.2, 0.25) is 0 Å². The van der Waals surface area contributed by atoms with Gasteiger partial charge < -0.3 is 10.8 Å². The van der Waals surface area contributed by atoms with Gasteiger partial charge in [-0.05, 0) is 43.2 Å². The Morgan fingerprint density at radius 2 is 2.23 bits per heavy atom. The van der Waals surface area contributed by atoms with Gasteiger partial charge in [-0.3, -0.25) is 0 Å². The van der Waals surface area contributed by atoms with Crippen LogP contribution in [0.15, 0.2) is 64.0 Å². The fraction of sp³-hybridized carbons (Fsp3) is 0.333. The minimum atomic E-state index is -0.469. The van der Waals surface area contributed by atoms with Gasteiger partial charge in [0.15, 0.2) is 0 Å². The second kappa shape index (κ2) is 11.7. The Labute approximate surface area is 146 Å². The van der Waals surface area contributed by atoms with E-state index in [2.05, 4.69) is 47.1 Å². The van der Waals surface area contributed by atoms with Crippen LogP contribution in [0.25, 0.3) is 0 Å². The number of rotatable bonds is 9. The quantitative estimate of drug-likeness (QED) is 0.469. The smallest absolute Gasteiger partial charge is 0.0802 e. The zero-order valence-electron chi connectivity index (χ0n) is 12.9. The monoisotopic (exact) mass is 381 g/mol. The summed E-state index contributed by atoms with van der Waals surface area (Å²) in [4.78, 5) is 1.16. The standard InChI is InChI=1S/C18H24BrNOS/c1-2-3-4-8-16(19)9-6-13-22-17-10-5-7-15(14-17)18(21)11-12-20/h3-10,14,18,21H,2,11-13,20H2,1H3/b4-3-,9-6+,16-8+. The largest absolute Gasteiger partial charge is 0.388 e. The van der Waals surface area contributed by atoms with Crippen molar-refractivity contribution in [2.24, 2.45) is 5.73 Å². The third kappa shape index (κ3) is 7.99. The number of nitrogens with two attached hydrogens (primary N) is 1. The van der Waals surface area contributed by atoms with Crippen LogP contribution in [0, 0.1) is 0 Å². The molecule has 2 nitrogen and oxygen atoms in total. The minimum Gasteiger partial charge on any atom is -0.388 e. The Morgan fingerprint density at radius 1 is 1.41 bits per heavy atom. The molecule has 1 aromatic carbocycles. The Balaban J connectivity index is 2.49. The Morgan fingerprint density at radius 3 is 2.95 bits per heavy atom. The lowest BCUT2D eigenvalue weighted by Crippen LogP contribution is -2.06. The van der Waals surface area contributed by atoms with Crippen molar-refractivity contribution in [3.63, 3.8) is 0 Å². The molecule has 0 amide bonds. The highest BCUT2D eigenvalue weighted by atomic mass is 79.9. The lowest BCUT2D eigenvalue weighted by atomic mass is 10.1. The first-order valence-electron chi connectivity index (χ1n) is 7.47. The summed E-state index contributed by atoms with van der Waals surface area (Å²) < 4.78 is 1.06. The van der Waals surface area contributed by atoms with Gasteiger partial charge in [-0.1, -0.05) is 59.3 Å². The molecule has 120 valence electrons. The molecule has 0 radical (unpaired) electrons. The average Bonchev–Trinajstić information content (AvgIpc) is 2.52. The van der Waals surface area contributed by atoms with E-state index < -0.39 is 6.10 Å². The summed E-state index contributed by atoms with van der Waals surface area (Å²) >= 11 is 5.26. The summed E-state index contributed by atoms with van der Waals surface area (Å²) in [5.74, 6) is 0.886. The lowest BCUT2D eigenvalue weighted by molar-refractivity contribution is 0.170. The maximum Gasteiger partial charge on any atom is 0.0802 e. The molecule has 0 fully saturated rings. The predicted octanol–water partition coefficient (Wildman–Crippen LogP) is 4.96. The maximum atomic E-state index is 9.97. The normalized spacial score (nSPS) is 14.1. The number of hydrogen-bond donors (Lipinski definition) is 2. The van der Waals surface area contributed by atoms with Crippen LogP contribution in [-0.4, -0.2) is 17.4 Å². The number of aliphatic hydroxyl groups excluding tert-OH is 1. The lowest BCUT2D eigenvalue weighted by Gasteiger charge is -2.10. The summed E-state index contributed by atoms with van der Waals surface area (Å²) in [6.45, 7) is 2.61. The molecule has 1 rings (SSSR count). The van der Waals surface area contributed by atoms with E-state index in [4.69, 9.17) is 5.73 Å². The molecule has 0 saturated carbocycles. The Kier molecular flexibility index (Phi) is 10.2. The zero-order chi connectivity index (χ0) is 16.2. The SMILES string of the molecule is CC\C=C/C=C(Br)\C=C\CSc1cccc(C(O)CCN)c1. The fourth-order valence-corrected chi connectivity index (χ4v) is 2.91. The summed E-state index contributed by atoms with van der Waals surface area (Å²) in [6.07, 6.45) is 11.5. The van der Waals surface area contributed by atoms with Crippen molar-refractivity contribution in [2.75, 3.05) is 12.3 Å². The third-order valence-electron chi connectivity index (χ3n) is 2.93. The van der Waals surface area contributed by atoms with Crippen molar-refractivity contribution < 1.29 is 5.11 Å². The van der Waals surface area contributed by atoms with Crippen LogP contribution in [0.2, 0.25) is 0 Å². The Bertz CT molecular complexity index is 526. The van der Waals surface area contributed by atoms with Crippen molar-refractivity contribution in [1.29, 1.82) is 0 Å². The predicted molar refractivity (Wildman–Crippen MR) is 101 cm³/mol. The maximum absolute atomic E-state index is 9.97. The molecule has 0 bridgehead atoms. The molecule has 0 saturated heterocycles. The van der Waals surface area contributed by atoms with Crippen LogP contribution in [0.5, 0.6) is 0 Å². The van der Waals surface area contributed by atoms with Gasteiger partial charge in [-0.2, -0.15) is 0 Å². The van der Waals surface area contributed by atoms with E-state index in [1.54, 1.807) is 11.8 Å². The molecule has 1 atom stereocenters. The highest BCUT2D eigenvalue weighted by molar-refractivity contribution is 9.11. The van der Waals surface area contributed by atoms with Crippen molar-refractivity contribution in [2.45, 2.75) is 30.8 Å². The number of hydrogen-bond acceptors (Lipinski definition) is 3. The minimum absolute atomic E-state index is 0.469. The van der Waals surface area contributed by atoms with Crippen molar-refractivity contribution >= 4 is 27.7 Å². The topological polar surface area (TPSA) is 46.2 Å². The second-order valence-corrected chi connectivity index (χ2v) is 6.78. The van der Waals surface area contributed by atoms with Gasteiger partial charge in [-0.25, -0.2) is 0 Å². The van der Waals surface area contributed by atoms with E-state index in [-0.39, 0.29) is 0 Å². The van der Waals surface area contributed by atoms with Crippen LogP contribution >= 0.6 is 27.7 Å². The third-order valence-corrected chi connectivity index (χ3v) is 4.41. The molecular weight excluding hydrogens is 358 g/mol. The second-order valence-electron chi connectivity index (χ2n) is 4.77. The van der Waals surface area contributed by atoms with E-state index in [0.29, 0.717) is 13.0 Å². The first-order valence-corrected chi connectivity index (χ1v) is 9.25. The summed E-state index contributed by atoms with van der Waals surface area (Å²) in [7, 11) is 0. The molecule has 1 aromatic rings. The number of halogens is 1. The number of thioether (sulfide) groups is 1. The molecule has 0 aliphatic rings. The highest BCUT2D eigenvalue weighted by Crippen LogP contribution is 2.24. The molecule has 0 aromatic heterocycles. The van der Waals surface area contributed by atoms with E-state index in [0.717, 1.165) is 27.1 Å². The molecular formula is C18H24BrNOS. The van der Waals surface area contributed by atoms with Gasteiger partial charge in [-0.15, -0.1) is 11.8 Å². The van der Waals surface area contributed by atoms with Crippen molar-refractivity contribution in [3.8, 4) is 0 Å². The van der Waals surface area contributed by atoms with E-state index in [9.17, 15) is 5.11 Å². The van der Waals surface area contributed by atoms with Crippen LogP contribution in [-0.2, 0) is 0 Å². The van der Waals surface area contributed by atoms with Gasteiger partial charge in [0.1, 0.15) is 0 Å². The fourth-order valence-electron chi connectivity index (χ4n) is 1.79. The molecule has 0 aliphatic carbocycles. The molecule has 0 aliphatic heterocycles. The number of aliphatic hydroxyl groups is 1. The molecule has 1 unspecified atom stereocenters. The van der Waals surface area contributed by atoms with Crippen molar-refractivity contribution in [3.05, 3.63) is 64.7 Å². The van der Waals surface area contributed by atoms with E-state index >= 15 is 0 Å². The first-order chi connectivity index (χ1) is 10.7. The van der Waals surface area contributed by atoms with Crippen LogP contribution in [0.3, 0.4) is 0 Å². The van der Waals surface area contributed by atoms with Crippen LogP contribution in [0.1, 0.15) is 31.4 Å². The van der Waals surface area contributed by atoms with E-state index in [1.165, 1.54) is 0 Å². The summed E-state index contributed by atoms with van der Waals surface area (Å²) in [6, 6.07) is 8.02. The summed E-state index contributed by atoms with van der Waals surface area (Å²) in [5.41, 5.74) is 6.42. The van der Waals surface area contributed by atoms with Gasteiger partial charge in [0.25, 0.3) is 0 Å². The summed E-state index contributed by atoms with van der Waals surface area (Å²) in [5, 5.41) is 9.97. The number of benzene rings is 1. The van der Waals surface area contributed by atoms with E-state index in [1.807, 2.05) is 30.4 Å². The molecule has 22 heavy (non-hydrogen) atoms. The van der Waals surface area contributed by atoms with Gasteiger partial charge in [0, 0.05) is 15.1 Å². The zero-order valence-corrected chi connectivity index (χ0v) is 15.3. The van der Waals surface area contributed by atoms with Crippen LogP contribution < -0.4 is 5.73 Å². The highest BCUT2D eigenvalue weighted by Gasteiger charge is 2.06. The average molecular weight is 382 g/mol.